The molecule has 1 amide bonds. The minimum atomic E-state index is -0.252. The maximum atomic E-state index is 13.3. The van der Waals surface area contributed by atoms with E-state index in [1.165, 1.54) is 11.3 Å². The third kappa shape index (κ3) is 3.54. The Labute approximate surface area is 189 Å². The lowest BCUT2D eigenvalue weighted by Crippen LogP contribution is -2.24. The first-order valence-corrected chi connectivity index (χ1v) is 11.7. The van der Waals surface area contributed by atoms with Crippen LogP contribution in [0.4, 0.5) is 5.82 Å². The molecule has 0 unspecified atom stereocenters. The Hall–Kier alpha value is -3.26. The third-order valence-corrected chi connectivity index (χ3v) is 7.15. The van der Waals surface area contributed by atoms with Gasteiger partial charge in [-0.3, -0.25) is 14.2 Å². The van der Waals surface area contributed by atoms with Gasteiger partial charge in [0, 0.05) is 19.0 Å². The highest BCUT2D eigenvalue weighted by molar-refractivity contribution is 7.20. The number of carbonyl (C=O) groups excluding carboxylic acids is 1. The van der Waals surface area contributed by atoms with Crippen molar-refractivity contribution in [2.45, 2.75) is 53.0 Å². The highest BCUT2D eigenvalue weighted by Crippen LogP contribution is 2.29. The Morgan fingerprint density at radius 3 is 2.66 bits per heavy atom. The number of anilines is 1. The van der Waals surface area contributed by atoms with E-state index in [-0.39, 0.29) is 11.5 Å². The summed E-state index contributed by atoms with van der Waals surface area (Å²) in [5.41, 5.74) is 3.49. The number of thiophene rings is 1. The molecule has 0 spiro atoms. The van der Waals surface area contributed by atoms with Crippen molar-refractivity contribution in [1.29, 1.82) is 0 Å². The molecule has 0 aliphatic carbocycles. The predicted octanol–water partition coefficient (Wildman–Crippen LogP) is 4.55. The fourth-order valence-corrected chi connectivity index (χ4v) is 5.36. The summed E-state index contributed by atoms with van der Waals surface area (Å²) in [6.45, 7) is 6.45. The van der Waals surface area contributed by atoms with E-state index in [9.17, 15) is 9.59 Å². The lowest BCUT2D eigenvalue weighted by molar-refractivity contribution is 0.102. The zero-order chi connectivity index (χ0) is 22.4. The maximum absolute atomic E-state index is 13.3. The van der Waals surface area contributed by atoms with Crippen LogP contribution in [0, 0.1) is 20.8 Å². The van der Waals surface area contributed by atoms with Gasteiger partial charge >= 0.3 is 0 Å². The average molecular weight is 448 g/mol. The van der Waals surface area contributed by atoms with Crippen LogP contribution in [-0.4, -0.2) is 25.2 Å². The molecule has 32 heavy (non-hydrogen) atoms. The van der Waals surface area contributed by atoms with Crippen molar-refractivity contribution in [3.8, 4) is 5.69 Å². The number of hydrogen-bond acceptors (Lipinski definition) is 5. The van der Waals surface area contributed by atoms with Crippen LogP contribution in [0.3, 0.4) is 0 Å². The van der Waals surface area contributed by atoms with Crippen LogP contribution in [0.25, 0.3) is 15.9 Å². The van der Waals surface area contributed by atoms with Crippen LogP contribution in [0.15, 0.2) is 35.1 Å². The van der Waals surface area contributed by atoms with Crippen molar-refractivity contribution in [2.24, 2.45) is 0 Å². The smallest absolute Gasteiger partial charge is 0.267 e. The van der Waals surface area contributed by atoms with Gasteiger partial charge in [-0.25, -0.2) is 9.67 Å². The second kappa shape index (κ2) is 8.02. The topological polar surface area (TPSA) is 81.8 Å². The first-order valence-electron chi connectivity index (χ1n) is 10.9. The van der Waals surface area contributed by atoms with Crippen LogP contribution in [-0.2, 0) is 13.0 Å². The molecule has 1 N–H and O–H groups in total. The molecule has 8 heteroatoms. The molecule has 0 radical (unpaired) electrons. The largest absolute Gasteiger partial charge is 0.306 e. The fourth-order valence-electron chi connectivity index (χ4n) is 4.27. The molecular weight excluding hydrogens is 422 g/mol. The molecule has 0 saturated heterocycles. The Morgan fingerprint density at radius 1 is 1.09 bits per heavy atom. The summed E-state index contributed by atoms with van der Waals surface area (Å²) in [5, 5.41) is 8.10. The Bertz CT molecular complexity index is 1390. The third-order valence-electron chi connectivity index (χ3n) is 5.97. The number of amides is 1. The van der Waals surface area contributed by atoms with Crippen LogP contribution >= 0.6 is 11.3 Å². The number of rotatable bonds is 3. The van der Waals surface area contributed by atoms with E-state index in [4.69, 9.17) is 4.98 Å². The zero-order valence-electron chi connectivity index (χ0n) is 18.4. The van der Waals surface area contributed by atoms with E-state index >= 15 is 0 Å². The number of aryl methyl sites for hydroxylation is 4. The second-order valence-electron chi connectivity index (χ2n) is 8.40. The van der Waals surface area contributed by atoms with Crippen molar-refractivity contribution >= 4 is 33.3 Å². The van der Waals surface area contributed by atoms with Crippen LogP contribution < -0.4 is 10.9 Å². The van der Waals surface area contributed by atoms with Gasteiger partial charge in [-0.2, -0.15) is 5.10 Å². The van der Waals surface area contributed by atoms with E-state index in [0.717, 1.165) is 48.5 Å². The SMILES string of the molecule is Cc1ccc(-n2nc(C)cc2NC(=O)c2sc3nc4n(c(=O)c3c2C)CCCCC4)cc1. The van der Waals surface area contributed by atoms with Gasteiger partial charge in [0.2, 0.25) is 0 Å². The van der Waals surface area contributed by atoms with Crippen LogP contribution in [0.2, 0.25) is 0 Å². The molecule has 1 aliphatic rings. The summed E-state index contributed by atoms with van der Waals surface area (Å²) in [6, 6.07) is 9.81. The van der Waals surface area contributed by atoms with E-state index in [2.05, 4.69) is 10.4 Å². The molecular formula is C24H25N5O2S. The minimum Gasteiger partial charge on any atom is -0.306 e. The number of carbonyl (C=O) groups is 1. The van der Waals surface area contributed by atoms with Gasteiger partial charge in [0.15, 0.2) is 0 Å². The van der Waals surface area contributed by atoms with Crippen LogP contribution in [0.1, 0.15) is 51.6 Å². The van der Waals surface area contributed by atoms with Crippen molar-refractivity contribution in [1.82, 2.24) is 19.3 Å². The van der Waals surface area contributed by atoms with Gasteiger partial charge in [-0.05, 0) is 51.3 Å². The minimum absolute atomic E-state index is 0.0276. The molecule has 4 heterocycles. The summed E-state index contributed by atoms with van der Waals surface area (Å²) in [6.07, 6.45) is 3.94. The summed E-state index contributed by atoms with van der Waals surface area (Å²) in [4.78, 5) is 32.4. The highest BCUT2D eigenvalue weighted by atomic mass is 32.1. The zero-order valence-corrected chi connectivity index (χ0v) is 19.3. The predicted molar refractivity (Wildman–Crippen MR) is 127 cm³/mol. The number of aromatic nitrogens is 4. The second-order valence-corrected chi connectivity index (χ2v) is 9.40. The molecule has 1 aromatic carbocycles. The van der Waals surface area contributed by atoms with Gasteiger partial charge in [-0.1, -0.05) is 24.1 Å². The number of nitrogens with zero attached hydrogens (tertiary/aromatic N) is 4. The number of benzene rings is 1. The van der Waals surface area contributed by atoms with Gasteiger partial charge < -0.3 is 5.32 Å². The normalized spacial score (nSPS) is 13.7. The lowest BCUT2D eigenvalue weighted by atomic mass is 10.2. The summed E-state index contributed by atoms with van der Waals surface area (Å²) in [5.74, 6) is 1.17. The summed E-state index contributed by atoms with van der Waals surface area (Å²) in [7, 11) is 0. The molecule has 7 nitrogen and oxygen atoms in total. The molecule has 0 bridgehead atoms. The summed E-state index contributed by atoms with van der Waals surface area (Å²) < 4.78 is 3.53. The Morgan fingerprint density at radius 2 is 1.88 bits per heavy atom. The van der Waals surface area contributed by atoms with E-state index < -0.39 is 0 Å². The van der Waals surface area contributed by atoms with Crippen molar-refractivity contribution in [3.05, 3.63) is 68.2 Å². The number of nitrogens with one attached hydrogen (secondary N) is 1. The molecule has 1 aliphatic heterocycles. The molecule has 0 atom stereocenters. The molecule has 164 valence electrons. The molecule has 3 aromatic heterocycles. The number of hydrogen-bond donors (Lipinski definition) is 1. The first kappa shape index (κ1) is 20.6. The molecule has 4 aromatic rings. The summed E-state index contributed by atoms with van der Waals surface area (Å²) >= 11 is 1.29. The van der Waals surface area contributed by atoms with Crippen molar-refractivity contribution in [2.75, 3.05) is 5.32 Å². The van der Waals surface area contributed by atoms with E-state index in [0.29, 0.717) is 33.0 Å². The average Bonchev–Trinajstić information content (AvgIpc) is 3.18. The quantitative estimate of drug-likeness (QED) is 0.500. The van der Waals surface area contributed by atoms with Gasteiger partial charge in [0.1, 0.15) is 16.5 Å². The van der Waals surface area contributed by atoms with Crippen molar-refractivity contribution < 1.29 is 4.79 Å². The van der Waals surface area contributed by atoms with Gasteiger partial charge in [0.05, 0.1) is 21.6 Å². The Kier molecular flexibility index (Phi) is 5.17. The Balaban J connectivity index is 1.53. The monoisotopic (exact) mass is 447 g/mol. The maximum Gasteiger partial charge on any atom is 0.267 e. The first-order chi connectivity index (χ1) is 15.4. The van der Waals surface area contributed by atoms with E-state index in [1.807, 2.05) is 51.1 Å². The van der Waals surface area contributed by atoms with E-state index in [1.54, 1.807) is 9.25 Å². The fraction of sp³-hybridized carbons (Fsp3) is 0.333. The van der Waals surface area contributed by atoms with Crippen molar-refractivity contribution in [3.63, 3.8) is 0 Å². The molecule has 0 fully saturated rings. The van der Waals surface area contributed by atoms with Gasteiger partial charge in [-0.15, -0.1) is 11.3 Å². The highest BCUT2D eigenvalue weighted by Gasteiger charge is 2.23. The number of fused-ring (bicyclic) bond motifs is 2. The standard InChI is InChI=1S/C24H25N5O2S/c1-14-8-10-17(11-9-14)29-19(13-15(2)27-29)25-22(30)21-16(3)20-23(32-21)26-18-7-5-4-6-12-28(18)24(20)31/h8-11,13H,4-7,12H2,1-3H3,(H,25,30). The molecule has 5 rings (SSSR count). The lowest BCUT2D eigenvalue weighted by Gasteiger charge is -2.09. The van der Waals surface area contributed by atoms with Gasteiger partial charge in [0.25, 0.3) is 11.5 Å². The molecule has 0 saturated carbocycles. The van der Waals surface area contributed by atoms with Crippen LogP contribution in [0.5, 0.6) is 0 Å².